The van der Waals surface area contributed by atoms with Crippen LogP contribution in [0.15, 0.2) is 30.3 Å². The van der Waals surface area contributed by atoms with Gasteiger partial charge in [0.05, 0.1) is 11.4 Å². The highest BCUT2D eigenvalue weighted by Crippen LogP contribution is 2.32. The Kier molecular flexibility index (Phi) is 5.15. The highest BCUT2D eigenvalue weighted by molar-refractivity contribution is 7.89. The van der Waals surface area contributed by atoms with E-state index in [0.717, 1.165) is 29.8 Å². The van der Waals surface area contributed by atoms with Crippen molar-refractivity contribution in [1.82, 2.24) is 14.1 Å². The van der Waals surface area contributed by atoms with Gasteiger partial charge in [0.2, 0.25) is 10.0 Å². The molecule has 3 rings (SSSR count). The number of sulfonamides is 1. The highest BCUT2D eigenvalue weighted by atomic mass is 32.2. The number of hydrogen-bond acceptors (Lipinski definition) is 4. The second kappa shape index (κ2) is 7.17. The van der Waals surface area contributed by atoms with Crippen molar-refractivity contribution in [3.8, 4) is 5.75 Å². The summed E-state index contributed by atoms with van der Waals surface area (Å²) in [5, 5.41) is 4.40. The van der Waals surface area contributed by atoms with Crippen molar-refractivity contribution in [2.45, 2.75) is 39.3 Å². The van der Waals surface area contributed by atoms with E-state index >= 15 is 0 Å². The third kappa shape index (κ3) is 4.22. The van der Waals surface area contributed by atoms with E-state index in [1.807, 2.05) is 51.2 Å². The maximum absolute atomic E-state index is 12.9. The van der Waals surface area contributed by atoms with Crippen LogP contribution in [-0.4, -0.2) is 40.9 Å². The van der Waals surface area contributed by atoms with Gasteiger partial charge in [0.15, 0.2) is 0 Å². The first-order valence-electron chi connectivity index (χ1n) is 8.55. The monoisotopic (exact) mass is 363 g/mol. The van der Waals surface area contributed by atoms with E-state index < -0.39 is 10.0 Å². The predicted molar refractivity (Wildman–Crippen MR) is 97.0 cm³/mol. The van der Waals surface area contributed by atoms with Crippen LogP contribution in [0.2, 0.25) is 0 Å². The van der Waals surface area contributed by atoms with E-state index in [-0.39, 0.29) is 18.4 Å². The van der Waals surface area contributed by atoms with Gasteiger partial charge in [-0.3, -0.25) is 4.68 Å². The van der Waals surface area contributed by atoms with Crippen LogP contribution in [0.4, 0.5) is 0 Å². The van der Waals surface area contributed by atoms with E-state index in [1.165, 1.54) is 0 Å². The van der Waals surface area contributed by atoms with Crippen molar-refractivity contribution in [3.05, 3.63) is 47.3 Å². The van der Waals surface area contributed by atoms with Crippen molar-refractivity contribution in [3.63, 3.8) is 0 Å². The molecular formula is C18H25N3O3S. The zero-order chi connectivity index (χ0) is 18.0. The first-order chi connectivity index (χ1) is 11.9. The molecule has 25 heavy (non-hydrogen) atoms. The lowest BCUT2D eigenvalue weighted by Gasteiger charge is -2.22. The molecule has 2 aromatic rings. The number of para-hydroxylation sites is 1. The maximum atomic E-state index is 12.9. The van der Waals surface area contributed by atoms with Crippen molar-refractivity contribution in [2.75, 3.05) is 12.4 Å². The fourth-order valence-corrected chi connectivity index (χ4v) is 4.44. The summed E-state index contributed by atoms with van der Waals surface area (Å²) in [7, 11) is -1.50. The van der Waals surface area contributed by atoms with Gasteiger partial charge in [-0.05, 0) is 38.8 Å². The average Bonchev–Trinajstić information content (AvgIpc) is 3.36. The van der Waals surface area contributed by atoms with Gasteiger partial charge in [-0.1, -0.05) is 18.2 Å². The van der Waals surface area contributed by atoms with Gasteiger partial charge in [0.1, 0.15) is 12.4 Å². The third-order valence-electron chi connectivity index (χ3n) is 4.64. The van der Waals surface area contributed by atoms with Crippen LogP contribution < -0.4 is 4.74 Å². The van der Waals surface area contributed by atoms with Gasteiger partial charge in [-0.2, -0.15) is 9.40 Å². The topological polar surface area (TPSA) is 64.4 Å². The maximum Gasteiger partial charge on any atom is 0.218 e. The molecular weight excluding hydrogens is 338 g/mol. The molecule has 0 unspecified atom stereocenters. The first-order valence-corrected chi connectivity index (χ1v) is 10.2. The Balaban J connectivity index is 1.68. The summed E-state index contributed by atoms with van der Waals surface area (Å²) < 4.78 is 34.7. The molecule has 136 valence electrons. The lowest BCUT2D eigenvalue weighted by molar-refractivity contribution is 0.331. The van der Waals surface area contributed by atoms with E-state index in [4.69, 9.17) is 4.74 Å². The Hall–Kier alpha value is -1.86. The molecule has 0 atom stereocenters. The van der Waals surface area contributed by atoms with Gasteiger partial charge in [-0.25, -0.2) is 8.42 Å². The van der Waals surface area contributed by atoms with Crippen molar-refractivity contribution in [2.24, 2.45) is 7.05 Å². The minimum Gasteiger partial charge on any atom is -0.492 e. The van der Waals surface area contributed by atoms with Gasteiger partial charge >= 0.3 is 0 Å². The summed E-state index contributed by atoms with van der Waals surface area (Å²) in [4.78, 5) is 0. The molecule has 0 N–H and O–H groups in total. The van der Waals surface area contributed by atoms with Gasteiger partial charge in [-0.15, -0.1) is 0 Å². The van der Waals surface area contributed by atoms with Crippen LogP contribution in [0.3, 0.4) is 0 Å². The van der Waals surface area contributed by atoms with Crippen LogP contribution in [0.1, 0.15) is 29.8 Å². The zero-order valence-corrected chi connectivity index (χ0v) is 15.8. The van der Waals surface area contributed by atoms with E-state index in [1.54, 1.807) is 8.99 Å². The molecule has 1 aliphatic carbocycles. The minimum absolute atomic E-state index is 0.0171. The number of benzene rings is 1. The van der Waals surface area contributed by atoms with Crippen molar-refractivity contribution < 1.29 is 13.2 Å². The van der Waals surface area contributed by atoms with Crippen molar-refractivity contribution >= 4 is 10.0 Å². The molecule has 0 bridgehead atoms. The molecule has 1 heterocycles. The second-order valence-corrected chi connectivity index (χ2v) is 8.57. The van der Waals surface area contributed by atoms with E-state index in [9.17, 15) is 8.42 Å². The fourth-order valence-electron chi connectivity index (χ4n) is 2.92. The average molecular weight is 363 g/mol. The smallest absolute Gasteiger partial charge is 0.218 e. The van der Waals surface area contributed by atoms with Crippen LogP contribution in [-0.2, 0) is 23.6 Å². The summed E-state index contributed by atoms with van der Waals surface area (Å²) in [6, 6.07) is 9.40. The fraction of sp³-hybridized carbons (Fsp3) is 0.500. The predicted octanol–water partition coefficient (Wildman–Crippen LogP) is 2.41. The standard InChI is InChI=1S/C18H25N3O3S/c1-14-18(15(2)20(3)19-14)13-21(16-9-10-16)25(22,23)12-11-24-17-7-5-4-6-8-17/h4-8,16H,9-13H2,1-3H3. The molecule has 1 saturated carbocycles. The highest BCUT2D eigenvalue weighted by Gasteiger charge is 2.37. The summed E-state index contributed by atoms with van der Waals surface area (Å²) in [5.74, 6) is 0.672. The molecule has 1 fully saturated rings. The molecule has 1 aliphatic rings. The van der Waals surface area contributed by atoms with Crippen LogP contribution in [0.25, 0.3) is 0 Å². The molecule has 0 amide bonds. The summed E-state index contributed by atoms with van der Waals surface area (Å²) in [5.41, 5.74) is 2.90. The number of hydrogen-bond donors (Lipinski definition) is 0. The summed E-state index contributed by atoms with van der Waals surface area (Å²) in [6.45, 7) is 4.45. The largest absolute Gasteiger partial charge is 0.492 e. The van der Waals surface area contributed by atoms with Gasteiger partial charge < -0.3 is 4.74 Å². The number of aromatic nitrogens is 2. The Morgan fingerprint density at radius 1 is 1.24 bits per heavy atom. The summed E-state index contributed by atoms with van der Waals surface area (Å²) in [6.07, 6.45) is 1.86. The first kappa shape index (κ1) is 17.9. The van der Waals surface area contributed by atoms with E-state index in [0.29, 0.717) is 12.3 Å². The zero-order valence-electron chi connectivity index (χ0n) is 15.0. The molecule has 0 radical (unpaired) electrons. The lowest BCUT2D eigenvalue weighted by atomic mass is 10.2. The van der Waals surface area contributed by atoms with Crippen LogP contribution in [0, 0.1) is 13.8 Å². The SMILES string of the molecule is Cc1nn(C)c(C)c1CN(C1CC1)S(=O)(=O)CCOc1ccccc1. The number of rotatable bonds is 8. The number of ether oxygens (including phenoxy) is 1. The van der Waals surface area contributed by atoms with E-state index in [2.05, 4.69) is 5.10 Å². The minimum atomic E-state index is -3.38. The molecule has 6 nitrogen and oxygen atoms in total. The molecule has 0 spiro atoms. The number of nitrogens with zero attached hydrogens (tertiary/aromatic N) is 3. The Labute approximate surface area is 149 Å². The molecule has 0 saturated heterocycles. The Bertz CT molecular complexity index is 827. The van der Waals surface area contributed by atoms with Gasteiger partial charge in [0.25, 0.3) is 0 Å². The Morgan fingerprint density at radius 3 is 2.48 bits per heavy atom. The molecule has 0 aliphatic heterocycles. The van der Waals surface area contributed by atoms with Gasteiger partial charge in [0, 0.05) is 30.9 Å². The molecule has 1 aromatic carbocycles. The quantitative estimate of drug-likeness (QED) is 0.722. The lowest BCUT2D eigenvalue weighted by Crippen LogP contribution is -2.36. The number of aryl methyl sites for hydroxylation is 2. The van der Waals surface area contributed by atoms with Crippen LogP contribution >= 0.6 is 0 Å². The normalized spacial score (nSPS) is 14.9. The summed E-state index contributed by atoms with van der Waals surface area (Å²) >= 11 is 0. The molecule has 1 aromatic heterocycles. The Morgan fingerprint density at radius 2 is 1.92 bits per heavy atom. The molecule has 7 heteroatoms. The van der Waals surface area contributed by atoms with Crippen molar-refractivity contribution in [1.29, 1.82) is 0 Å². The second-order valence-electron chi connectivity index (χ2n) is 6.53. The third-order valence-corrected chi connectivity index (χ3v) is 6.46. The van der Waals surface area contributed by atoms with Crippen LogP contribution in [0.5, 0.6) is 5.75 Å².